The molecule has 10 nitrogen and oxygen atoms in total. The van der Waals surface area contributed by atoms with Crippen LogP contribution in [0.25, 0.3) is 0 Å². The summed E-state index contributed by atoms with van der Waals surface area (Å²) in [6.07, 6.45) is 3.67. The van der Waals surface area contributed by atoms with Crippen molar-refractivity contribution in [2.24, 2.45) is 0 Å². The Morgan fingerprint density at radius 2 is 1.57 bits per heavy atom. The lowest BCUT2D eigenvalue weighted by molar-refractivity contribution is -0.142. The summed E-state index contributed by atoms with van der Waals surface area (Å²) in [4.78, 5) is 48.6. The molecule has 0 unspecified atom stereocenters. The Hall–Kier alpha value is -3.05. The topological polar surface area (TPSA) is 97.5 Å². The highest BCUT2D eigenvalue weighted by Crippen LogP contribution is 2.29. The number of ether oxygens (including phenoxy) is 1. The molecule has 12 heteroatoms. The molecule has 0 bridgehead atoms. The Morgan fingerprint density at radius 1 is 0.894 bits per heavy atom. The van der Waals surface area contributed by atoms with Crippen molar-refractivity contribution >= 4 is 46.9 Å². The number of anilines is 1. The summed E-state index contributed by atoms with van der Waals surface area (Å²) in [7, 11) is 0. The number of nitrogens with one attached hydrogen (secondary N) is 2. The minimum atomic E-state index is -0.996. The summed E-state index contributed by atoms with van der Waals surface area (Å²) in [6, 6.07) is 11.9. The normalized spacial score (nSPS) is 21.0. The molecule has 3 fully saturated rings. The fourth-order valence-corrected chi connectivity index (χ4v) is 7.92. The monoisotopic (exact) mass is 684 g/mol. The molecule has 4 aliphatic heterocycles. The number of carbonyl (C=O) groups is 3. The summed E-state index contributed by atoms with van der Waals surface area (Å²) in [5.74, 6) is -0.183. The van der Waals surface area contributed by atoms with Crippen LogP contribution in [-0.4, -0.2) is 115 Å². The largest absolute Gasteiger partial charge is 0.436 e. The maximum atomic E-state index is 14.0. The van der Waals surface area contributed by atoms with E-state index < -0.39 is 12.2 Å². The summed E-state index contributed by atoms with van der Waals surface area (Å²) in [5.41, 5.74) is 3.50. The van der Waals surface area contributed by atoms with Crippen LogP contribution in [0.2, 0.25) is 10.0 Å². The van der Waals surface area contributed by atoms with E-state index in [1.54, 1.807) is 17.0 Å². The molecule has 0 aliphatic carbocycles. The number of amides is 4. The van der Waals surface area contributed by atoms with Crippen molar-refractivity contribution in [3.05, 3.63) is 63.1 Å². The first-order valence-corrected chi connectivity index (χ1v) is 17.8. The van der Waals surface area contributed by atoms with Crippen LogP contribution in [0.3, 0.4) is 0 Å². The first-order valence-electron chi connectivity index (χ1n) is 17.1. The summed E-state index contributed by atoms with van der Waals surface area (Å²) in [6.45, 7) is 8.77. The van der Waals surface area contributed by atoms with Gasteiger partial charge in [0.25, 0.3) is 5.91 Å². The van der Waals surface area contributed by atoms with Gasteiger partial charge in [-0.1, -0.05) is 41.4 Å². The molecule has 1 atom stereocenters. The number of hydrogen-bond donors (Lipinski definition) is 2. The van der Waals surface area contributed by atoms with Gasteiger partial charge in [0.1, 0.15) is 0 Å². The minimum Gasteiger partial charge on any atom is -0.436 e. The van der Waals surface area contributed by atoms with Gasteiger partial charge in [0.2, 0.25) is 0 Å². The number of piperidine rings is 2. The minimum absolute atomic E-state index is 0.0175. The predicted molar refractivity (Wildman–Crippen MR) is 184 cm³/mol. The van der Waals surface area contributed by atoms with Gasteiger partial charge in [0.15, 0.2) is 6.10 Å². The van der Waals surface area contributed by atoms with Crippen LogP contribution in [0.15, 0.2) is 36.4 Å². The van der Waals surface area contributed by atoms with Gasteiger partial charge in [0, 0.05) is 80.1 Å². The third-order valence-corrected chi connectivity index (χ3v) is 11.0. The zero-order valence-corrected chi connectivity index (χ0v) is 28.7. The van der Waals surface area contributed by atoms with Gasteiger partial charge >= 0.3 is 12.1 Å². The number of fused-ring (bicyclic) bond motifs is 1. The number of para-hydroxylation sites is 1. The number of urea groups is 1. The number of likely N-dealkylation sites (tertiary alicyclic amines) is 2. The van der Waals surface area contributed by atoms with Crippen LogP contribution in [0.1, 0.15) is 48.8 Å². The number of halogens is 2. The smallest absolute Gasteiger partial charge is 0.410 e. The van der Waals surface area contributed by atoms with Crippen LogP contribution in [0.4, 0.5) is 15.3 Å². The molecule has 4 amide bonds. The van der Waals surface area contributed by atoms with Crippen molar-refractivity contribution in [2.45, 2.75) is 70.1 Å². The Labute approximate surface area is 287 Å². The number of rotatable bonds is 6. The molecule has 0 saturated carbocycles. The maximum Gasteiger partial charge on any atom is 0.410 e. The Kier molecular flexibility index (Phi) is 11.1. The molecule has 2 N–H and O–H groups in total. The molecule has 0 radical (unpaired) electrons. The highest BCUT2D eigenvalue weighted by molar-refractivity contribution is 6.36. The molecule has 2 aromatic rings. The molecule has 254 valence electrons. The van der Waals surface area contributed by atoms with Gasteiger partial charge in [0.05, 0.1) is 0 Å². The van der Waals surface area contributed by atoms with Gasteiger partial charge in [-0.15, -0.1) is 0 Å². The Balaban J connectivity index is 1.08. The van der Waals surface area contributed by atoms with E-state index in [-0.39, 0.29) is 24.4 Å². The van der Waals surface area contributed by atoms with Crippen molar-refractivity contribution < 1.29 is 19.1 Å². The number of nitrogens with zero attached hydrogens (tertiary/aromatic N) is 4. The van der Waals surface area contributed by atoms with Gasteiger partial charge in [-0.25, -0.2) is 9.59 Å². The van der Waals surface area contributed by atoms with Crippen LogP contribution >= 0.6 is 23.2 Å². The lowest BCUT2D eigenvalue weighted by Crippen LogP contribution is -2.52. The SMILES string of the molecule is Cc1c(Cl)cc(C[C@@H](OC(=O)N2CCC(N3CCc4ccccc4NC3=O)CC2)C(=O)N2CCC(N3CCCNCC3)CC2)cc1Cl. The van der Waals surface area contributed by atoms with E-state index >= 15 is 0 Å². The summed E-state index contributed by atoms with van der Waals surface area (Å²) >= 11 is 12.9. The molecule has 2 aromatic carbocycles. The molecule has 6 rings (SSSR count). The third kappa shape index (κ3) is 8.16. The van der Waals surface area contributed by atoms with Gasteiger partial charge in [-0.2, -0.15) is 0 Å². The summed E-state index contributed by atoms with van der Waals surface area (Å²) < 4.78 is 6.04. The van der Waals surface area contributed by atoms with E-state index in [2.05, 4.69) is 15.5 Å². The van der Waals surface area contributed by atoms with Crippen molar-refractivity contribution in [1.29, 1.82) is 0 Å². The van der Waals surface area contributed by atoms with Crippen molar-refractivity contribution in [2.75, 3.05) is 64.2 Å². The second kappa shape index (κ2) is 15.4. The van der Waals surface area contributed by atoms with Crippen LogP contribution in [0.5, 0.6) is 0 Å². The van der Waals surface area contributed by atoms with E-state index in [4.69, 9.17) is 27.9 Å². The lowest BCUT2D eigenvalue weighted by Gasteiger charge is -2.40. The molecule has 4 heterocycles. The zero-order valence-electron chi connectivity index (χ0n) is 27.2. The third-order valence-electron chi connectivity index (χ3n) is 10.3. The van der Waals surface area contributed by atoms with Crippen LogP contribution < -0.4 is 10.6 Å². The fourth-order valence-electron chi connectivity index (χ4n) is 7.39. The van der Waals surface area contributed by atoms with Crippen molar-refractivity contribution in [3.63, 3.8) is 0 Å². The first kappa shape index (κ1) is 33.8. The number of benzene rings is 2. The van der Waals surface area contributed by atoms with Crippen molar-refractivity contribution in [3.8, 4) is 0 Å². The molecule has 0 spiro atoms. The van der Waals surface area contributed by atoms with Crippen LogP contribution in [0, 0.1) is 6.92 Å². The van der Waals surface area contributed by atoms with Gasteiger partial charge in [-0.05, 0) is 93.4 Å². The van der Waals surface area contributed by atoms with E-state index in [0.29, 0.717) is 61.7 Å². The molecule has 0 aromatic heterocycles. The van der Waals surface area contributed by atoms with Gasteiger partial charge < -0.3 is 30.1 Å². The van der Waals surface area contributed by atoms with E-state index in [0.717, 1.165) is 74.2 Å². The molecule has 4 aliphatic rings. The number of carbonyl (C=O) groups excluding carboxylic acids is 3. The molecule has 47 heavy (non-hydrogen) atoms. The van der Waals surface area contributed by atoms with E-state index in [1.165, 1.54) is 0 Å². The quantitative estimate of drug-likeness (QED) is 0.435. The highest BCUT2D eigenvalue weighted by atomic mass is 35.5. The van der Waals surface area contributed by atoms with Crippen molar-refractivity contribution in [1.82, 2.24) is 24.9 Å². The van der Waals surface area contributed by atoms with E-state index in [9.17, 15) is 14.4 Å². The fraction of sp³-hybridized carbons (Fsp3) is 0.571. The predicted octanol–water partition coefficient (Wildman–Crippen LogP) is 5.19. The van der Waals surface area contributed by atoms with E-state index in [1.807, 2.05) is 41.0 Å². The second-order valence-corrected chi connectivity index (χ2v) is 14.0. The Morgan fingerprint density at radius 3 is 2.32 bits per heavy atom. The first-order chi connectivity index (χ1) is 22.8. The second-order valence-electron chi connectivity index (χ2n) is 13.2. The standard InChI is InChI=1S/C35H46Cl2N6O4/c1-24-29(36)21-25(22-30(24)37)23-32(33(44)41-15-8-27(9-16-41)40-14-4-12-38-13-20-40)47-35(46)42-17-10-28(11-18-42)43-19-7-26-5-2-3-6-31(26)39-34(43)45/h2-3,5-6,21-22,27-28,32,38H,4,7-20,23H2,1H3,(H,39,45)/t32-/m1/s1. The van der Waals surface area contributed by atoms with Crippen LogP contribution in [-0.2, 0) is 22.4 Å². The Bertz CT molecular complexity index is 1410. The highest BCUT2D eigenvalue weighted by Gasteiger charge is 2.36. The lowest BCUT2D eigenvalue weighted by atomic mass is 10.0. The number of hydrogen-bond acceptors (Lipinski definition) is 6. The zero-order chi connectivity index (χ0) is 32.9. The average Bonchev–Trinajstić information content (AvgIpc) is 3.46. The molecular weight excluding hydrogens is 639 g/mol. The molecular formula is C35H46Cl2N6O4. The molecule has 3 saturated heterocycles. The maximum absolute atomic E-state index is 14.0. The van der Waals surface area contributed by atoms with Gasteiger partial charge in [-0.3, -0.25) is 9.69 Å². The average molecular weight is 686 g/mol. The summed E-state index contributed by atoms with van der Waals surface area (Å²) in [5, 5.41) is 7.54.